The molecular formula is C10H15N. The van der Waals surface area contributed by atoms with Gasteiger partial charge in [-0.25, -0.2) is 0 Å². The SMILES string of the molecule is C=CC(=CC(C)=CC)C(C)=N. The summed E-state index contributed by atoms with van der Waals surface area (Å²) in [6.45, 7) is 9.38. The van der Waals surface area contributed by atoms with Crippen LogP contribution >= 0.6 is 0 Å². The molecule has 1 nitrogen and oxygen atoms in total. The Bertz CT molecular complexity index is 219. The van der Waals surface area contributed by atoms with Gasteiger partial charge in [-0.2, -0.15) is 0 Å². The zero-order valence-corrected chi connectivity index (χ0v) is 7.44. The Morgan fingerprint density at radius 3 is 2.18 bits per heavy atom. The van der Waals surface area contributed by atoms with Crippen LogP contribution in [-0.4, -0.2) is 5.71 Å². The molecule has 0 saturated carbocycles. The lowest BCUT2D eigenvalue weighted by Gasteiger charge is -1.97. The minimum absolute atomic E-state index is 0.557. The average Bonchev–Trinajstić information content (AvgIpc) is 1.99. The fraction of sp³-hybridized carbons (Fsp3) is 0.300. The van der Waals surface area contributed by atoms with Crippen molar-refractivity contribution in [2.45, 2.75) is 20.8 Å². The molecule has 0 unspecified atom stereocenters. The molecule has 0 bridgehead atoms. The highest BCUT2D eigenvalue weighted by molar-refractivity contribution is 5.98. The first-order chi connectivity index (χ1) is 5.11. The van der Waals surface area contributed by atoms with Crippen LogP contribution in [0, 0.1) is 5.41 Å². The fourth-order valence-corrected chi connectivity index (χ4v) is 0.649. The third kappa shape index (κ3) is 3.56. The van der Waals surface area contributed by atoms with Crippen molar-refractivity contribution in [3.8, 4) is 0 Å². The molecule has 1 N–H and O–H groups in total. The molecule has 0 aromatic carbocycles. The highest BCUT2D eigenvalue weighted by Crippen LogP contribution is 2.03. The second kappa shape index (κ2) is 4.67. The summed E-state index contributed by atoms with van der Waals surface area (Å²) in [5, 5.41) is 7.35. The lowest BCUT2D eigenvalue weighted by Crippen LogP contribution is -1.91. The molecule has 0 amide bonds. The quantitative estimate of drug-likeness (QED) is 0.471. The van der Waals surface area contributed by atoms with E-state index in [4.69, 9.17) is 5.41 Å². The van der Waals surface area contributed by atoms with Crippen molar-refractivity contribution >= 4 is 5.71 Å². The van der Waals surface area contributed by atoms with Crippen molar-refractivity contribution in [1.82, 2.24) is 0 Å². The summed E-state index contributed by atoms with van der Waals surface area (Å²) in [6.07, 6.45) is 5.66. The minimum Gasteiger partial charge on any atom is -0.305 e. The van der Waals surface area contributed by atoms with Gasteiger partial charge < -0.3 is 5.41 Å². The fourth-order valence-electron chi connectivity index (χ4n) is 0.649. The van der Waals surface area contributed by atoms with Gasteiger partial charge in [0.05, 0.1) is 0 Å². The monoisotopic (exact) mass is 149 g/mol. The van der Waals surface area contributed by atoms with E-state index in [1.807, 2.05) is 26.0 Å². The smallest absolute Gasteiger partial charge is 0.0355 e. The van der Waals surface area contributed by atoms with Gasteiger partial charge in [-0.1, -0.05) is 30.4 Å². The van der Waals surface area contributed by atoms with Gasteiger partial charge in [0.1, 0.15) is 0 Å². The molecule has 0 heterocycles. The molecule has 0 spiro atoms. The van der Waals surface area contributed by atoms with E-state index in [0.717, 1.165) is 11.1 Å². The first-order valence-electron chi connectivity index (χ1n) is 3.64. The molecule has 0 aliphatic heterocycles. The lowest BCUT2D eigenvalue weighted by molar-refractivity contribution is 1.42. The molecular weight excluding hydrogens is 134 g/mol. The maximum absolute atomic E-state index is 7.35. The van der Waals surface area contributed by atoms with Crippen LogP contribution in [0.3, 0.4) is 0 Å². The Morgan fingerprint density at radius 1 is 1.36 bits per heavy atom. The van der Waals surface area contributed by atoms with Crippen LogP contribution in [0.15, 0.2) is 36.0 Å². The first-order valence-corrected chi connectivity index (χ1v) is 3.64. The Labute approximate surface area is 68.6 Å². The van der Waals surface area contributed by atoms with E-state index in [2.05, 4.69) is 6.58 Å². The van der Waals surface area contributed by atoms with Crippen molar-refractivity contribution in [3.05, 3.63) is 36.0 Å². The Kier molecular flexibility index (Phi) is 4.20. The van der Waals surface area contributed by atoms with Crippen LogP contribution in [0.5, 0.6) is 0 Å². The summed E-state index contributed by atoms with van der Waals surface area (Å²) in [4.78, 5) is 0. The van der Waals surface area contributed by atoms with Gasteiger partial charge in [-0.15, -0.1) is 0 Å². The van der Waals surface area contributed by atoms with Crippen molar-refractivity contribution in [2.24, 2.45) is 0 Å². The number of hydrogen-bond acceptors (Lipinski definition) is 1. The maximum atomic E-state index is 7.35. The van der Waals surface area contributed by atoms with E-state index >= 15 is 0 Å². The molecule has 60 valence electrons. The van der Waals surface area contributed by atoms with E-state index < -0.39 is 0 Å². The van der Waals surface area contributed by atoms with Crippen molar-refractivity contribution in [2.75, 3.05) is 0 Å². The molecule has 0 aliphatic carbocycles. The van der Waals surface area contributed by atoms with Gasteiger partial charge in [0.15, 0.2) is 0 Å². The lowest BCUT2D eigenvalue weighted by atomic mass is 10.1. The van der Waals surface area contributed by atoms with Crippen LogP contribution in [0.2, 0.25) is 0 Å². The standard InChI is InChI=1S/C10H15N/c1-5-8(3)7-10(6-2)9(4)11/h5-7,11H,2H2,1,3-4H3. The molecule has 11 heavy (non-hydrogen) atoms. The van der Waals surface area contributed by atoms with Crippen LogP contribution < -0.4 is 0 Å². The first kappa shape index (κ1) is 9.89. The largest absolute Gasteiger partial charge is 0.305 e. The van der Waals surface area contributed by atoms with E-state index in [0.29, 0.717) is 5.71 Å². The van der Waals surface area contributed by atoms with Crippen molar-refractivity contribution < 1.29 is 0 Å². The Morgan fingerprint density at radius 2 is 1.91 bits per heavy atom. The molecule has 0 aromatic heterocycles. The predicted molar refractivity (Wildman–Crippen MR) is 51.1 cm³/mol. The van der Waals surface area contributed by atoms with Crippen LogP contribution in [0.25, 0.3) is 0 Å². The van der Waals surface area contributed by atoms with E-state index in [1.54, 1.807) is 13.0 Å². The summed E-state index contributed by atoms with van der Waals surface area (Å²) in [6, 6.07) is 0. The zero-order valence-electron chi connectivity index (χ0n) is 7.44. The Hall–Kier alpha value is -1.11. The van der Waals surface area contributed by atoms with Gasteiger partial charge >= 0.3 is 0 Å². The average molecular weight is 149 g/mol. The molecule has 0 aromatic rings. The van der Waals surface area contributed by atoms with Crippen molar-refractivity contribution in [1.29, 1.82) is 5.41 Å². The summed E-state index contributed by atoms with van der Waals surface area (Å²) < 4.78 is 0. The number of nitrogens with one attached hydrogen (secondary N) is 1. The molecule has 0 saturated heterocycles. The van der Waals surface area contributed by atoms with Gasteiger partial charge in [0.25, 0.3) is 0 Å². The normalized spacial score (nSPS) is 13.0. The molecule has 0 fully saturated rings. The van der Waals surface area contributed by atoms with Gasteiger partial charge in [-0.05, 0) is 26.3 Å². The van der Waals surface area contributed by atoms with E-state index in [1.165, 1.54) is 0 Å². The van der Waals surface area contributed by atoms with Crippen LogP contribution in [0.4, 0.5) is 0 Å². The number of rotatable bonds is 3. The maximum Gasteiger partial charge on any atom is 0.0355 e. The predicted octanol–water partition coefficient (Wildman–Crippen LogP) is 3.10. The van der Waals surface area contributed by atoms with E-state index in [-0.39, 0.29) is 0 Å². The van der Waals surface area contributed by atoms with Gasteiger partial charge in [-0.3, -0.25) is 0 Å². The summed E-state index contributed by atoms with van der Waals surface area (Å²) in [5.41, 5.74) is 2.60. The highest BCUT2D eigenvalue weighted by atomic mass is 14.4. The van der Waals surface area contributed by atoms with Gasteiger partial charge in [0.2, 0.25) is 0 Å². The molecule has 0 atom stereocenters. The molecule has 0 radical (unpaired) electrons. The zero-order chi connectivity index (χ0) is 8.85. The molecule has 0 aliphatic rings. The highest BCUT2D eigenvalue weighted by Gasteiger charge is 1.92. The summed E-state index contributed by atoms with van der Waals surface area (Å²) in [5.74, 6) is 0. The molecule has 1 heteroatoms. The topological polar surface area (TPSA) is 23.9 Å². The van der Waals surface area contributed by atoms with Crippen molar-refractivity contribution in [3.63, 3.8) is 0 Å². The number of allylic oxidation sites excluding steroid dienone is 5. The van der Waals surface area contributed by atoms with E-state index in [9.17, 15) is 0 Å². The second-order valence-electron chi connectivity index (χ2n) is 2.46. The minimum atomic E-state index is 0.557. The summed E-state index contributed by atoms with van der Waals surface area (Å²) >= 11 is 0. The van der Waals surface area contributed by atoms with Crippen LogP contribution in [0.1, 0.15) is 20.8 Å². The Balaban J connectivity index is 4.62. The number of hydrogen-bond donors (Lipinski definition) is 1. The van der Waals surface area contributed by atoms with Crippen LogP contribution in [-0.2, 0) is 0 Å². The third-order valence-electron chi connectivity index (χ3n) is 1.49. The van der Waals surface area contributed by atoms with Gasteiger partial charge in [0, 0.05) is 5.71 Å². The second-order valence-corrected chi connectivity index (χ2v) is 2.46. The summed E-state index contributed by atoms with van der Waals surface area (Å²) in [7, 11) is 0. The third-order valence-corrected chi connectivity index (χ3v) is 1.49. The molecule has 0 rings (SSSR count).